The molecule has 0 spiro atoms. The molecule has 96 valence electrons. The molecule has 1 aromatic heterocycles. The van der Waals surface area contributed by atoms with Gasteiger partial charge in [0, 0.05) is 5.92 Å². The van der Waals surface area contributed by atoms with Crippen LogP contribution in [0.3, 0.4) is 0 Å². The Bertz CT molecular complexity index is 482. The van der Waals surface area contributed by atoms with Gasteiger partial charge in [0.05, 0.1) is 12.5 Å². The average molecular weight is 246 g/mol. The molecule has 2 aromatic rings. The zero-order chi connectivity index (χ0) is 13.0. The van der Waals surface area contributed by atoms with Crippen LogP contribution in [-0.2, 0) is 6.42 Å². The van der Waals surface area contributed by atoms with Gasteiger partial charge in [-0.3, -0.25) is 0 Å². The lowest BCUT2D eigenvalue weighted by atomic mass is 10.1. The molecule has 2 unspecified atom stereocenters. The Hall–Kier alpha value is -1.68. The Morgan fingerprint density at radius 3 is 2.67 bits per heavy atom. The van der Waals surface area contributed by atoms with Gasteiger partial charge in [-0.05, 0) is 12.0 Å². The lowest BCUT2D eigenvalue weighted by Gasteiger charge is -2.07. The van der Waals surface area contributed by atoms with Gasteiger partial charge in [-0.25, -0.2) is 0 Å². The highest BCUT2D eigenvalue weighted by Crippen LogP contribution is 2.19. The Morgan fingerprint density at radius 2 is 2.00 bits per heavy atom. The average Bonchev–Trinajstić information content (AvgIpc) is 2.87. The lowest BCUT2D eigenvalue weighted by Crippen LogP contribution is -2.02. The van der Waals surface area contributed by atoms with Gasteiger partial charge in [0.1, 0.15) is 0 Å². The molecule has 1 N–H and O–H groups in total. The molecule has 0 amide bonds. The van der Waals surface area contributed by atoms with E-state index in [-0.39, 0.29) is 5.92 Å². The van der Waals surface area contributed by atoms with Crippen molar-refractivity contribution in [2.75, 3.05) is 0 Å². The molecule has 4 heteroatoms. The van der Waals surface area contributed by atoms with Crippen LogP contribution in [0.2, 0.25) is 0 Å². The molecule has 0 aliphatic rings. The van der Waals surface area contributed by atoms with E-state index in [0.29, 0.717) is 18.1 Å². The summed E-state index contributed by atoms with van der Waals surface area (Å²) < 4.78 is 5.16. The van der Waals surface area contributed by atoms with Crippen molar-refractivity contribution in [1.29, 1.82) is 0 Å². The van der Waals surface area contributed by atoms with Crippen molar-refractivity contribution < 1.29 is 9.63 Å². The molecule has 0 saturated heterocycles. The summed E-state index contributed by atoms with van der Waals surface area (Å²) in [4.78, 5) is 4.31. The Labute approximate surface area is 107 Å². The molecule has 0 aliphatic heterocycles. The highest BCUT2D eigenvalue weighted by atomic mass is 16.5. The van der Waals surface area contributed by atoms with Crippen LogP contribution >= 0.6 is 0 Å². The van der Waals surface area contributed by atoms with Crippen LogP contribution in [0.5, 0.6) is 0 Å². The summed E-state index contributed by atoms with van der Waals surface area (Å²) in [6.45, 7) is 4.14. The van der Waals surface area contributed by atoms with Crippen molar-refractivity contribution in [2.45, 2.75) is 38.7 Å². The topological polar surface area (TPSA) is 59.2 Å². The number of aliphatic hydroxyl groups excluding tert-OH is 1. The van der Waals surface area contributed by atoms with E-state index < -0.39 is 6.10 Å². The second kappa shape index (κ2) is 5.78. The maximum Gasteiger partial charge on any atom is 0.229 e. The predicted molar refractivity (Wildman–Crippen MR) is 68.1 cm³/mol. The first-order valence-electron chi connectivity index (χ1n) is 6.26. The van der Waals surface area contributed by atoms with Crippen LogP contribution in [0.1, 0.15) is 49.6 Å². The third-order valence-corrected chi connectivity index (χ3v) is 3.09. The largest absolute Gasteiger partial charge is 0.388 e. The van der Waals surface area contributed by atoms with Crippen molar-refractivity contribution in [1.82, 2.24) is 10.1 Å². The number of rotatable bonds is 5. The van der Waals surface area contributed by atoms with Gasteiger partial charge >= 0.3 is 0 Å². The molecule has 1 aromatic carbocycles. The first-order valence-corrected chi connectivity index (χ1v) is 6.26. The van der Waals surface area contributed by atoms with Gasteiger partial charge in [0.25, 0.3) is 0 Å². The van der Waals surface area contributed by atoms with E-state index in [0.717, 1.165) is 12.0 Å². The monoisotopic (exact) mass is 246 g/mol. The molecular weight excluding hydrogens is 228 g/mol. The number of benzene rings is 1. The van der Waals surface area contributed by atoms with Crippen LogP contribution in [0.25, 0.3) is 0 Å². The molecule has 4 nitrogen and oxygen atoms in total. The molecule has 0 bridgehead atoms. The quantitative estimate of drug-likeness (QED) is 0.881. The number of aliphatic hydroxyl groups is 1. The highest BCUT2D eigenvalue weighted by molar-refractivity contribution is 5.18. The second-order valence-corrected chi connectivity index (χ2v) is 4.49. The van der Waals surface area contributed by atoms with Crippen LogP contribution in [0, 0.1) is 0 Å². The normalized spacial score (nSPS) is 14.4. The summed E-state index contributed by atoms with van der Waals surface area (Å²) in [6.07, 6.45) is 0.727. The van der Waals surface area contributed by atoms with Crippen molar-refractivity contribution >= 4 is 0 Å². The summed E-state index contributed by atoms with van der Waals surface area (Å²) in [7, 11) is 0. The number of nitrogens with zero attached hydrogens (tertiary/aromatic N) is 2. The smallest absolute Gasteiger partial charge is 0.229 e. The fourth-order valence-electron chi connectivity index (χ4n) is 1.69. The minimum Gasteiger partial charge on any atom is -0.388 e. The summed E-state index contributed by atoms with van der Waals surface area (Å²) in [6, 6.07) is 9.49. The maximum atomic E-state index is 10.1. The molecule has 0 fully saturated rings. The molecule has 0 saturated carbocycles. The van der Waals surface area contributed by atoms with E-state index in [1.165, 1.54) is 0 Å². The van der Waals surface area contributed by atoms with E-state index in [1.807, 2.05) is 30.3 Å². The van der Waals surface area contributed by atoms with Crippen molar-refractivity contribution in [2.24, 2.45) is 0 Å². The summed E-state index contributed by atoms with van der Waals surface area (Å²) in [5.74, 6) is 1.49. The second-order valence-electron chi connectivity index (χ2n) is 4.49. The van der Waals surface area contributed by atoms with Crippen molar-refractivity contribution in [3.8, 4) is 0 Å². The lowest BCUT2D eigenvalue weighted by molar-refractivity contribution is 0.164. The van der Waals surface area contributed by atoms with Gasteiger partial charge in [-0.1, -0.05) is 49.3 Å². The third-order valence-electron chi connectivity index (χ3n) is 3.09. The number of hydrogen-bond acceptors (Lipinski definition) is 4. The minimum absolute atomic E-state index is 0.288. The van der Waals surface area contributed by atoms with Crippen LogP contribution in [-0.4, -0.2) is 15.2 Å². The predicted octanol–water partition coefficient (Wildman–Crippen LogP) is 2.86. The zero-order valence-corrected chi connectivity index (χ0v) is 10.7. The van der Waals surface area contributed by atoms with Crippen molar-refractivity contribution in [3.63, 3.8) is 0 Å². The van der Waals surface area contributed by atoms with E-state index >= 15 is 0 Å². The molecular formula is C14H18N2O2. The van der Waals surface area contributed by atoms with Gasteiger partial charge in [-0.2, -0.15) is 4.98 Å². The summed E-state index contributed by atoms with van der Waals surface area (Å²) in [5.41, 5.74) is 0.862. The van der Waals surface area contributed by atoms with Crippen LogP contribution < -0.4 is 0 Å². The first kappa shape index (κ1) is 12.8. The van der Waals surface area contributed by atoms with Crippen molar-refractivity contribution in [3.05, 3.63) is 47.6 Å². The molecule has 2 rings (SSSR count). The Balaban J connectivity index is 2.03. The van der Waals surface area contributed by atoms with Gasteiger partial charge in [0.2, 0.25) is 5.89 Å². The van der Waals surface area contributed by atoms with Gasteiger partial charge in [0.15, 0.2) is 5.82 Å². The highest BCUT2D eigenvalue weighted by Gasteiger charge is 2.16. The fourth-order valence-corrected chi connectivity index (χ4v) is 1.69. The molecule has 1 heterocycles. The Kier molecular flexibility index (Phi) is 4.10. The SMILES string of the molecule is CCC(C)c1noc(CC(O)c2ccccc2)n1. The van der Waals surface area contributed by atoms with Gasteiger partial charge < -0.3 is 9.63 Å². The fraction of sp³-hybridized carbons (Fsp3) is 0.429. The van der Waals surface area contributed by atoms with Gasteiger partial charge in [-0.15, -0.1) is 0 Å². The van der Waals surface area contributed by atoms with E-state index in [4.69, 9.17) is 4.52 Å². The number of hydrogen-bond donors (Lipinski definition) is 1. The van der Waals surface area contributed by atoms with E-state index in [9.17, 15) is 5.11 Å². The first-order chi connectivity index (χ1) is 8.70. The maximum absolute atomic E-state index is 10.1. The molecule has 0 radical (unpaired) electrons. The minimum atomic E-state index is -0.601. The molecule has 0 aliphatic carbocycles. The van der Waals surface area contributed by atoms with Crippen LogP contribution in [0.15, 0.2) is 34.9 Å². The molecule has 2 atom stereocenters. The summed E-state index contributed by atoms with van der Waals surface area (Å²) in [5, 5.41) is 14.0. The zero-order valence-electron chi connectivity index (χ0n) is 10.7. The number of aromatic nitrogens is 2. The Morgan fingerprint density at radius 1 is 1.28 bits per heavy atom. The molecule has 18 heavy (non-hydrogen) atoms. The van der Waals surface area contributed by atoms with Crippen LogP contribution in [0.4, 0.5) is 0 Å². The summed E-state index contributed by atoms with van der Waals surface area (Å²) >= 11 is 0. The third kappa shape index (κ3) is 2.96. The van der Waals surface area contributed by atoms with E-state index in [2.05, 4.69) is 24.0 Å². The van der Waals surface area contributed by atoms with E-state index in [1.54, 1.807) is 0 Å². The standard InChI is InChI=1S/C14H18N2O2/c1-3-10(2)14-15-13(18-16-14)9-12(17)11-7-5-4-6-8-11/h4-8,10,12,17H,3,9H2,1-2H3.